The third-order valence-electron chi connectivity index (χ3n) is 3.88. The molecule has 0 bridgehead atoms. The summed E-state index contributed by atoms with van der Waals surface area (Å²) in [4.78, 5) is 12.3. The molecular weight excluding hydrogens is 310 g/mol. The van der Waals surface area contributed by atoms with Crippen molar-refractivity contribution in [1.29, 1.82) is 0 Å². The number of rotatable bonds is 4. The first kappa shape index (κ1) is 17.5. The summed E-state index contributed by atoms with van der Waals surface area (Å²) in [6.45, 7) is 11.1. The van der Waals surface area contributed by atoms with Gasteiger partial charge in [0.15, 0.2) is 5.69 Å². The number of hydrogen-bond donors (Lipinski definition) is 1. The van der Waals surface area contributed by atoms with Crippen LogP contribution in [0.15, 0.2) is 30.5 Å². The second-order valence-corrected chi connectivity index (χ2v) is 7.16. The van der Waals surface area contributed by atoms with E-state index in [0.29, 0.717) is 11.6 Å². The van der Waals surface area contributed by atoms with Crippen molar-refractivity contribution in [2.45, 2.75) is 52.6 Å². The molecule has 4 nitrogen and oxygen atoms in total. The second-order valence-electron chi connectivity index (χ2n) is 6.75. The molecule has 0 radical (unpaired) electrons. The first-order valence-corrected chi connectivity index (χ1v) is 8.24. The number of hydrogen-bond acceptors (Lipinski definition) is 2. The maximum atomic E-state index is 12.3. The molecule has 0 aliphatic carbocycles. The number of amides is 1. The molecule has 2 aromatic rings. The number of nitrogens with zero attached hydrogens (tertiary/aromatic N) is 2. The summed E-state index contributed by atoms with van der Waals surface area (Å²) in [7, 11) is 0. The van der Waals surface area contributed by atoms with E-state index in [1.807, 2.05) is 13.8 Å². The van der Waals surface area contributed by atoms with E-state index in [4.69, 9.17) is 11.6 Å². The highest BCUT2D eigenvalue weighted by Gasteiger charge is 2.19. The lowest BCUT2D eigenvalue weighted by molar-refractivity contribution is 0.0934. The van der Waals surface area contributed by atoms with Crippen LogP contribution in [-0.4, -0.2) is 15.7 Å². The Morgan fingerprint density at radius 3 is 2.39 bits per heavy atom. The Morgan fingerprint density at radius 1 is 1.30 bits per heavy atom. The van der Waals surface area contributed by atoms with Crippen molar-refractivity contribution in [3.05, 3.63) is 52.3 Å². The average molecular weight is 334 g/mol. The lowest BCUT2D eigenvalue weighted by Gasteiger charge is -2.20. The molecule has 1 N–H and O–H groups in total. The fourth-order valence-electron chi connectivity index (χ4n) is 2.33. The van der Waals surface area contributed by atoms with Crippen LogP contribution in [0.1, 0.15) is 62.3 Å². The zero-order chi connectivity index (χ0) is 17.2. The number of carbonyl (C=O) groups is 1. The summed E-state index contributed by atoms with van der Waals surface area (Å²) in [6.07, 6.45) is 1.67. The number of aromatic nitrogens is 2. The van der Waals surface area contributed by atoms with Gasteiger partial charge in [-0.3, -0.25) is 9.48 Å². The van der Waals surface area contributed by atoms with Crippen LogP contribution < -0.4 is 5.32 Å². The van der Waals surface area contributed by atoms with Crippen molar-refractivity contribution in [2.24, 2.45) is 0 Å². The standard InChI is InChI=1S/C18H24ClN3O/c1-6-22-11-15(19)16(21-22)17(23)20-12(2)13-7-9-14(10-8-13)18(3,4)5/h7-12H,6H2,1-5H3,(H,20,23)/t12-/m0/s1. The molecule has 0 saturated heterocycles. The van der Waals surface area contributed by atoms with Crippen molar-refractivity contribution in [3.63, 3.8) is 0 Å². The van der Waals surface area contributed by atoms with Gasteiger partial charge in [-0.25, -0.2) is 0 Å². The van der Waals surface area contributed by atoms with Crippen LogP contribution in [0, 0.1) is 0 Å². The number of halogens is 1. The molecule has 2 rings (SSSR count). The molecule has 1 amide bonds. The molecule has 1 aromatic carbocycles. The van der Waals surface area contributed by atoms with E-state index in [1.165, 1.54) is 5.56 Å². The van der Waals surface area contributed by atoms with Crippen LogP contribution >= 0.6 is 11.6 Å². The van der Waals surface area contributed by atoms with E-state index in [2.05, 4.69) is 55.5 Å². The maximum Gasteiger partial charge on any atom is 0.273 e. The summed E-state index contributed by atoms with van der Waals surface area (Å²) in [5.41, 5.74) is 2.71. The smallest absolute Gasteiger partial charge is 0.273 e. The quantitative estimate of drug-likeness (QED) is 0.904. The molecule has 1 heterocycles. The summed E-state index contributed by atoms with van der Waals surface area (Å²) < 4.78 is 1.65. The molecule has 0 aliphatic rings. The number of benzene rings is 1. The van der Waals surface area contributed by atoms with Crippen LogP contribution in [0.25, 0.3) is 0 Å². The van der Waals surface area contributed by atoms with Crippen molar-refractivity contribution >= 4 is 17.5 Å². The molecule has 1 aromatic heterocycles. The predicted molar refractivity (Wildman–Crippen MR) is 93.9 cm³/mol. The highest BCUT2D eigenvalue weighted by atomic mass is 35.5. The Kier molecular flexibility index (Phi) is 5.15. The molecule has 124 valence electrons. The average Bonchev–Trinajstić information content (AvgIpc) is 2.87. The minimum absolute atomic E-state index is 0.112. The fraction of sp³-hybridized carbons (Fsp3) is 0.444. The van der Waals surface area contributed by atoms with Gasteiger partial charge in [0.1, 0.15) is 0 Å². The third-order valence-corrected chi connectivity index (χ3v) is 4.16. The topological polar surface area (TPSA) is 46.9 Å². The highest BCUT2D eigenvalue weighted by molar-refractivity contribution is 6.33. The van der Waals surface area contributed by atoms with Crippen molar-refractivity contribution < 1.29 is 4.79 Å². The Bertz CT molecular complexity index is 683. The zero-order valence-corrected chi connectivity index (χ0v) is 15.1. The van der Waals surface area contributed by atoms with Gasteiger partial charge in [-0.2, -0.15) is 5.10 Å². The minimum atomic E-state index is -0.255. The van der Waals surface area contributed by atoms with Gasteiger partial charge >= 0.3 is 0 Å². The largest absolute Gasteiger partial charge is 0.344 e. The van der Waals surface area contributed by atoms with Crippen LogP contribution in [0.5, 0.6) is 0 Å². The van der Waals surface area contributed by atoms with Crippen LogP contribution in [0.2, 0.25) is 5.02 Å². The van der Waals surface area contributed by atoms with Crippen LogP contribution in [-0.2, 0) is 12.0 Å². The van der Waals surface area contributed by atoms with E-state index in [1.54, 1.807) is 10.9 Å². The first-order chi connectivity index (χ1) is 10.7. The Hall–Kier alpha value is -1.81. The fourth-order valence-corrected chi connectivity index (χ4v) is 2.57. The highest BCUT2D eigenvalue weighted by Crippen LogP contribution is 2.24. The molecular formula is C18H24ClN3O. The molecule has 5 heteroatoms. The maximum absolute atomic E-state index is 12.3. The summed E-state index contributed by atoms with van der Waals surface area (Å²) in [5.74, 6) is -0.255. The van der Waals surface area contributed by atoms with Crippen molar-refractivity contribution in [1.82, 2.24) is 15.1 Å². The zero-order valence-electron chi connectivity index (χ0n) is 14.4. The van der Waals surface area contributed by atoms with Gasteiger partial charge in [0.05, 0.1) is 11.1 Å². The Balaban J connectivity index is 2.10. The van der Waals surface area contributed by atoms with Crippen LogP contribution in [0.3, 0.4) is 0 Å². The van der Waals surface area contributed by atoms with E-state index < -0.39 is 0 Å². The normalized spacial score (nSPS) is 13.0. The van der Waals surface area contributed by atoms with Gasteiger partial charge in [-0.05, 0) is 30.4 Å². The monoisotopic (exact) mass is 333 g/mol. The van der Waals surface area contributed by atoms with Gasteiger partial charge in [0.25, 0.3) is 5.91 Å². The van der Waals surface area contributed by atoms with Gasteiger partial charge in [-0.1, -0.05) is 56.6 Å². The summed E-state index contributed by atoms with van der Waals surface area (Å²) in [6, 6.07) is 8.21. The molecule has 1 atom stereocenters. The van der Waals surface area contributed by atoms with Crippen molar-refractivity contribution in [2.75, 3.05) is 0 Å². The molecule has 23 heavy (non-hydrogen) atoms. The SMILES string of the molecule is CCn1cc(Cl)c(C(=O)N[C@@H](C)c2ccc(C(C)(C)C)cc2)n1. The van der Waals surface area contributed by atoms with Crippen molar-refractivity contribution in [3.8, 4) is 0 Å². The first-order valence-electron chi connectivity index (χ1n) is 7.86. The second kappa shape index (κ2) is 6.75. The van der Waals surface area contributed by atoms with Gasteiger partial charge in [0, 0.05) is 12.7 Å². The lowest BCUT2D eigenvalue weighted by atomic mass is 9.86. The van der Waals surface area contributed by atoms with E-state index >= 15 is 0 Å². The summed E-state index contributed by atoms with van der Waals surface area (Å²) >= 11 is 6.07. The van der Waals surface area contributed by atoms with E-state index in [0.717, 1.165) is 5.56 Å². The number of aryl methyl sites for hydroxylation is 1. The molecule has 0 aliphatic heterocycles. The number of carbonyl (C=O) groups excluding carboxylic acids is 1. The third kappa shape index (κ3) is 4.14. The predicted octanol–water partition coefficient (Wildman–Crippen LogP) is 4.34. The molecule has 0 saturated carbocycles. The van der Waals surface area contributed by atoms with E-state index in [-0.39, 0.29) is 23.1 Å². The Morgan fingerprint density at radius 2 is 1.91 bits per heavy atom. The minimum Gasteiger partial charge on any atom is -0.344 e. The molecule has 0 fully saturated rings. The molecule has 0 unspecified atom stereocenters. The lowest BCUT2D eigenvalue weighted by Crippen LogP contribution is -2.27. The van der Waals surface area contributed by atoms with Gasteiger partial charge in [0.2, 0.25) is 0 Å². The summed E-state index contributed by atoms with van der Waals surface area (Å²) in [5, 5.41) is 7.52. The van der Waals surface area contributed by atoms with E-state index in [9.17, 15) is 4.79 Å². The molecule has 0 spiro atoms. The Labute approximate surface area is 142 Å². The number of nitrogens with one attached hydrogen (secondary N) is 1. The van der Waals surface area contributed by atoms with Gasteiger partial charge < -0.3 is 5.32 Å². The van der Waals surface area contributed by atoms with Gasteiger partial charge in [-0.15, -0.1) is 0 Å². The van der Waals surface area contributed by atoms with Crippen LogP contribution in [0.4, 0.5) is 0 Å².